The van der Waals surface area contributed by atoms with E-state index in [1.807, 2.05) is 13.8 Å². The van der Waals surface area contributed by atoms with E-state index in [1.165, 1.54) is 51.9 Å². The van der Waals surface area contributed by atoms with Crippen LogP contribution in [0.4, 0.5) is 0 Å². The van der Waals surface area contributed by atoms with Crippen molar-refractivity contribution in [3.8, 4) is 0 Å². The van der Waals surface area contributed by atoms with Crippen LogP contribution < -0.4 is 16.4 Å². The number of hydrogen-bond donors (Lipinski definition) is 7. The molecule has 288 valence electrons. The number of carboxylic acid groups (broad SMARTS) is 1. The molecule has 0 heterocycles. The highest BCUT2D eigenvalue weighted by Gasteiger charge is 2.62. The number of nitrogens with one attached hydrogen (secondary N) is 2. The highest BCUT2D eigenvalue weighted by molar-refractivity contribution is 7.80. The second kappa shape index (κ2) is 18.8. The first-order valence-corrected chi connectivity index (χ1v) is 20.7. The summed E-state index contributed by atoms with van der Waals surface area (Å²) in [7, 11) is -4.45. The van der Waals surface area contributed by atoms with E-state index in [1.54, 1.807) is 0 Å². The lowest BCUT2D eigenvalue weighted by Gasteiger charge is -2.62. The van der Waals surface area contributed by atoms with Crippen molar-refractivity contribution in [1.29, 1.82) is 0 Å². The smallest absolute Gasteiger partial charge is 0.397 e. The Bertz CT molecular complexity index is 1120. The normalized spacial score (nSPS) is 36.1. The number of carboxylic acids is 1. The van der Waals surface area contributed by atoms with Crippen LogP contribution in [0.2, 0.25) is 0 Å². The molecule has 49 heavy (non-hydrogen) atoms. The lowest BCUT2D eigenvalue weighted by molar-refractivity contribution is -0.167. The monoisotopic (exact) mass is 717 g/mol. The predicted octanol–water partition coefficient (Wildman–Crippen LogP) is 5.01. The Kier molecular flexibility index (Phi) is 16.3. The largest absolute Gasteiger partial charge is 0.479 e. The molecule has 4 aliphatic carbocycles. The summed E-state index contributed by atoms with van der Waals surface area (Å²) in [5.74, 6) is 2.03. The molecule has 0 aromatic heterocycles. The summed E-state index contributed by atoms with van der Waals surface area (Å²) in [4.78, 5) is 9.45. The van der Waals surface area contributed by atoms with Gasteiger partial charge in [-0.2, -0.15) is 8.42 Å². The Morgan fingerprint density at radius 3 is 2.16 bits per heavy atom. The SMILES string of the molecule is CC(C)[C@H](CC[C@@H](C)[C@H]1CCC2[C@H]3[C@H](O)C[C@@H]4C[C@H](NCCCNCCCCN)CC[C@@]4(C)[C@H]3CC[C@@]21C)OS(=O)(=O)O.C[C@@H](O)C(=O)O. The van der Waals surface area contributed by atoms with Crippen LogP contribution in [0, 0.1) is 52.3 Å². The summed E-state index contributed by atoms with van der Waals surface area (Å²) in [6.07, 6.45) is 12.5. The number of fused-ring (bicyclic) bond motifs is 5. The van der Waals surface area contributed by atoms with Gasteiger partial charge < -0.3 is 31.7 Å². The molecule has 4 aliphatic rings. The van der Waals surface area contributed by atoms with Crippen LogP contribution in [0.15, 0.2) is 0 Å². The molecule has 4 saturated carbocycles. The Morgan fingerprint density at radius 2 is 1.55 bits per heavy atom. The Morgan fingerprint density at radius 1 is 0.918 bits per heavy atom. The molecule has 0 radical (unpaired) electrons. The van der Waals surface area contributed by atoms with E-state index in [9.17, 15) is 22.9 Å². The van der Waals surface area contributed by atoms with Crippen molar-refractivity contribution in [2.45, 2.75) is 149 Å². The fraction of sp³-hybridized carbons (Fsp3) is 0.973. The van der Waals surface area contributed by atoms with Gasteiger partial charge in [-0.05, 0) is 169 Å². The third-order valence-electron chi connectivity index (χ3n) is 13.5. The van der Waals surface area contributed by atoms with E-state index in [0.29, 0.717) is 53.4 Å². The van der Waals surface area contributed by atoms with Crippen molar-refractivity contribution in [2.75, 3.05) is 26.2 Å². The molecule has 0 aromatic carbocycles. The van der Waals surface area contributed by atoms with Gasteiger partial charge in [0.15, 0.2) is 0 Å². The molecule has 0 spiro atoms. The van der Waals surface area contributed by atoms with Crippen LogP contribution >= 0.6 is 0 Å². The number of aliphatic carboxylic acids is 1. The second-order valence-corrected chi connectivity index (χ2v) is 18.0. The average Bonchev–Trinajstić information content (AvgIpc) is 3.37. The van der Waals surface area contributed by atoms with Crippen LogP contribution in [0.3, 0.4) is 0 Å². The van der Waals surface area contributed by atoms with Gasteiger partial charge in [-0.25, -0.2) is 8.98 Å². The van der Waals surface area contributed by atoms with Crippen molar-refractivity contribution in [3.05, 3.63) is 0 Å². The fourth-order valence-corrected chi connectivity index (χ4v) is 11.3. The number of carbonyl (C=O) groups is 1. The minimum absolute atomic E-state index is 0.0152. The number of rotatable bonds is 17. The molecule has 8 N–H and O–H groups in total. The summed E-state index contributed by atoms with van der Waals surface area (Å²) in [6, 6.07) is 0.573. The van der Waals surface area contributed by atoms with E-state index >= 15 is 0 Å². The molecule has 4 rings (SSSR count). The molecule has 1 unspecified atom stereocenters. The Hall–Kier alpha value is -0.860. The van der Waals surface area contributed by atoms with Crippen molar-refractivity contribution in [2.24, 2.45) is 58.0 Å². The molecular formula is C37H71N3O8S. The maximum absolute atomic E-state index is 11.8. The fourth-order valence-electron chi connectivity index (χ4n) is 10.7. The van der Waals surface area contributed by atoms with Gasteiger partial charge in [0.2, 0.25) is 0 Å². The maximum Gasteiger partial charge on any atom is 0.397 e. The molecule has 12 heteroatoms. The zero-order valence-electron chi connectivity index (χ0n) is 31.3. The van der Waals surface area contributed by atoms with Gasteiger partial charge in [0, 0.05) is 6.04 Å². The predicted molar refractivity (Wildman–Crippen MR) is 193 cm³/mol. The molecule has 12 atom stereocenters. The summed E-state index contributed by atoms with van der Waals surface area (Å²) in [5, 5.41) is 34.9. The average molecular weight is 718 g/mol. The molecule has 0 saturated heterocycles. The second-order valence-electron chi connectivity index (χ2n) is 16.9. The quantitative estimate of drug-likeness (QED) is 0.0791. The van der Waals surface area contributed by atoms with Gasteiger partial charge in [0.25, 0.3) is 0 Å². The van der Waals surface area contributed by atoms with E-state index in [-0.39, 0.29) is 17.4 Å². The zero-order valence-corrected chi connectivity index (χ0v) is 32.1. The first-order valence-electron chi connectivity index (χ1n) is 19.3. The van der Waals surface area contributed by atoms with E-state index in [4.69, 9.17) is 20.1 Å². The van der Waals surface area contributed by atoms with Gasteiger partial charge in [-0.1, -0.05) is 34.6 Å². The summed E-state index contributed by atoms with van der Waals surface area (Å²) in [5.41, 5.74) is 6.13. The lowest BCUT2D eigenvalue weighted by Crippen LogP contribution is -2.59. The summed E-state index contributed by atoms with van der Waals surface area (Å²) < 4.78 is 37.1. The van der Waals surface area contributed by atoms with Crippen LogP contribution in [0.25, 0.3) is 0 Å². The van der Waals surface area contributed by atoms with E-state index in [0.717, 1.165) is 58.3 Å². The van der Waals surface area contributed by atoms with Crippen LogP contribution in [0.1, 0.15) is 125 Å². The maximum atomic E-state index is 11.8. The minimum Gasteiger partial charge on any atom is -0.479 e. The van der Waals surface area contributed by atoms with Gasteiger partial charge in [-0.3, -0.25) is 4.55 Å². The van der Waals surface area contributed by atoms with Gasteiger partial charge in [0.05, 0.1) is 12.2 Å². The number of hydrogen-bond acceptors (Lipinski definition) is 9. The molecule has 11 nitrogen and oxygen atoms in total. The van der Waals surface area contributed by atoms with Gasteiger partial charge in [-0.15, -0.1) is 0 Å². The van der Waals surface area contributed by atoms with Crippen molar-refractivity contribution in [1.82, 2.24) is 10.6 Å². The van der Waals surface area contributed by atoms with Crippen LogP contribution in [0.5, 0.6) is 0 Å². The van der Waals surface area contributed by atoms with Gasteiger partial charge in [0.1, 0.15) is 6.10 Å². The molecular weight excluding hydrogens is 646 g/mol. The standard InChI is InChI=1S/C34H65N3O5S.C3H6O3/c1-23(2)31(42-43(39,40)41)12-9-24(3)27-10-11-28-32-29(14-16-34(27,28)5)33(4)15-13-26(21-25(33)22-30(32)38)37-20-8-19-36-18-7-6-17-35;1-2(4)3(5)6/h23-32,36-38H,6-22,35H2,1-5H3,(H,39,40,41);2,4H,1H3,(H,5,6)/t24-,25+,26-,27-,28?,29+,30-,31+,32-,33-,34-;2-/m11/s1. The van der Waals surface area contributed by atoms with E-state index in [2.05, 4.69) is 31.4 Å². The molecule has 0 bridgehead atoms. The molecule has 0 amide bonds. The highest BCUT2D eigenvalue weighted by Crippen LogP contribution is 2.68. The zero-order chi connectivity index (χ0) is 36.6. The number of unbranched alkanes of at least 4 members (excludes halogenated alkanes) is 1. The van der Waals surface area contributed by atoms with Gasteiger partial charge >= 0.3 is 16.4 Å². The van der Waals surface area contributed by atoms with Crippen LogP contribution in [-0.2, 0) is 19.4 Å². The molecule has 0 aliphatic heterocycles. The topological polar surface area (TPSA) is 191 Å². The minimum atomic E-state index is -4.45. The third-order valence-corrected chi connectivity index (χ3v) is 14.0. The highest BCUT2D eigenvalue weighted by atomic mass is 32.3. The third kappa shape index (κ3) is 11.3. The van der Waals surface area contributed by atoms with Crippen molar-refractivity contribution in [3.63, 3.8) is 0 Å². The van der Waals surface area contributed by atoms with E-state index < -0.39 is 28.6 Å². The number of nitrogens with two attached hydrogens (primary N) is 1. The Labute approximate surface area is 297 Å². The molecule has 4 fully saturated rings. The van der Waals surface area contributed by atoms with Crippen LogP contribution in [-0.4, -0.2) is 84.8 Å². The Balaban J connectivity index is 0.000000992. The first-order chi connectivity index (χ1) is 22.9. The number of aliphatic hydroxyl groups is 2. The first kappa shape index (κ1) is 42.6. The number of aliphatic hydroxyl groups excluding tert-OH is 2. The summed E-state index contributed by atoms with van der Waals surface area (Å²) >= 11 is 0. The van der Waals surface area contributed by atoms with Crippen molar-refractivity contribution >= 4 is 16.4 Å². The summed E-state index contributed by atoms with van der Waals surface area (Å²) in [6.45, 7) is 16.5. The lowest BCUT2D eigenvalue weighted by atomic mass is 9.43. The molecule has 0 aromatic rings. The van der Waals surface area contributed by atoms with Crippen molar-refractivity contribution < 1.29 is 37.3 Å².